The van der Waals surface area contributed by atoms with Gasteiger partial charge in [0, 0.05) is 0 Å². The maximum atomic E-state index is 11.2. The van der Waals surface area contributed by atoms with E-state index < -0.39 is 0 Å². The minimum atomic E-state index is -0.122. The second-order valence-corrected chi connectivity index (χ2v) is 2.67. The van der Waals surface area contributed by atoms with Crippen molar-refractivity contribution < 1.29 is 9.53 Å². The summed E-state index contributed by atoms with van der Waals surface area (Å²) in [6.45, 7) is 1.96. The lowest BCUT2D eigenvalue weighted by Crippen LogP contribution is -2.14. The largest absolute Gasteiger partial charge is 0.452 e. The van der Waals surface area contributed by atoms with Crippen LogP contribution in [0.5, 0.6) is 0 Å². The number of esters is 1. The van der Waals surface area contributed by atoms with Crippen LogP contribution in [0.4, 0.5) is 0 Å². The summed E-state index contributed by atoms with van der Waals surface area (Å²) in [5, 5.41) is 0. The molecular weight excluding hydrogens is 152 g/mol. The summed E-state index contributed by atoms with van der Waals surface area (Å²) in [5.41, 5.74) is 0. The Hall–Kier alpha value is -1.23. The van der Waals surface area contributed by atoms with E-state index in [2.05, 4.69) is 11.8 Å². The SMILES string of the molecule is CC#CCOC(=O)C1CC=CC1. The second-order valence-electron chi connectivity index (χ2n) is 2.67. The third kappa shape index (κ3) is 2.43. The van der Waals surface area contributed by atoms with Crippen molar-refractivity contribution in [2.24, 2.45) is 5.92 Å². The zero-order valence-electron chi connectivity index (χ0n) is 7.17. The van der Waals surface area contributed by atoms with Crippen molar-refractivity contribution >= 4 is 5.97 Å². The van der Waals surface area contributed by atoms with Gasteiger partial charge in [0.2, 0.25) is 0 Å². The van der Waals surface area contributed by atoms with Crippen LogP contribution >= 0.6 is 0 Å². The molecule has 0 aromatic rings. The Labute approximate surface area is 72.6 Å². The van der Waals surface area contributed by atoms with Gasteiger partial charge in [0.05, 0.1) is 5.92 Å². The first-order valence-electron chi connectivity index (χ1n) is 4.06. The van der Waals surface area contributed by atoms with E-state index in [1.807, 2.05) is 12.2 Å². The number of rotatable bonds is 2. The monoisotopic (exact) mass is 164 g/mol. The van der Waals surface area contributed by atoms with Gasteiger partial charge >= 0.3 is 5.97 Å². The Bertz CT molecular complexity index is 234. The lowest BCUT2D eigenvalue weighted by molar-refractivity contribution is -0.146. The van der Waals surface area contributed by atoms with Crippen molar-refractivity contribution in [3.05, 3.63) is 12.2 Å². The van der Waals surface area contributed by atoms with Gasteiger partial charge in [-0.05, 0) is 19.8 Å². The maximum absolute atomic E-state index is 11.2. The van der Waals surface area contributed by atoms with Crippen molar-refractivity contribution in [3.63, 3.8) is 0 Å². The van der Waals surface area contributed by atoms with Crippen LogP contribution in [0, 0.1) is 17.8 Å². The molecule has 0 bridgehead atoms. The minimum Gasteiger partial charge on any atom is -0.452 e. The van der Waals surface area contributed by atoms with Gasteiger partial charge in [-0.2, -0.15) is 0 Å². The van der Waals surface area contributed by atoms with Gasteiger partial charge in [-0.25, -0.2) is 0 Å². The standard InChI is InChI=1S/C10H12O2/c1-2-3-8-12-10(11)9-6-4-5-7-9/h4-5,9H,6-8H2,1H3. The van der Waals surface area contributed by atoms with E-state index in [9.17, 15) is 4.79 Å². The fourth-order valence-electron chi connectivity index (χ4n) is 1.11. The molecule has 0 aromatic carbocycles. The van der Waals surface area contributed by atoms with E-state index in [1.54, 1.807) is 6.92 Å². The number of hydrogen-bond acceptors (Lipinski definition) is 2. The Morgan fingerprint density at radius 2 is 2.25 bits per heavy atom. The Morgan fingerprint density at radius 3 is 2.83 bits per heavy atom. The quantitative estimate of drug-likeness (QED) is 0.351. The van der Waals surface area contributed by atoms with E-state index in [4.69, 9.17) is 4.74 Å². The van der Waals surface area contributed by atoms with Crippen molar-refractivity contribution in [3.8, 4) is 11.8 Å². The zero-order chi connectivity index (χ0) is 8.81. The Morgan fingerprint density at radius 1 is 1.58 bits per heavy atom. The average molecular weight is 164 g/mol. The number of carbonyl (C=O) groups excluding carboxylic acids is 1. The molecule has 1 rings (SSSR count). The first-order valence-corrected chi connectivity index (χ1v) is 4.06. The number of ether oxygens (including phenoxy) is 1. The van der Waals surface area contributed by atoms with E-state index in [0.717, 1.165) is 12.8 Å². The van der Waals surface area contributed by atoms with Gasteiger partial charge in [0.15, 0.2) is 6.61 Å². The molecular formula is C10H12O2. The predicted molar refractivity (Wildman–Crippen MR) is 46.3 cm³/mol. The number of allylic oxidation sites excluding steroid dienone is 2. The summed E-state index contributed by atoms with van der Waals surface area (Å²) in [4.78, 5) is 11.2. The fourth-order valence-corrected chi connectivity index (χ4v) is 1.11. The third-order valence-corrected chi connectivity index (χ3v) is 1.80. The minimum absolute atomic E-state index is 0.0451. The van der Waals surface area contributed by atoms with Gasteiger partial charge in [0.25, 0.3) is 0 Å². The summed E-state index contributed by atoms with van der Waals surface area (Å²) >= 11 is 0. The van der Waals surface area contributed by atoms with Crippen LogP contribution in [-0.2, 0) is 9.53 Å². The smallest absolute Gasteiger partial charge is 0.310 e. The molecule has 0 amide bonds. The Balaban J connectivity index is 2.22. The molecule has 0 N–H and O–H groups in total. The summed E-state index contributed by atoms with van der Waals surface area (Å²) < 4.78 is 4.91. The highest BCUT2D eigenvalue weighted by atomic mass is 16.5. The highest BCUT2D eigenvalue weighted by Crippen LogP contribution is 2.18. The Kier molecular flexibility index (Phi) is 3.40. The molecule has 1 aliphatic carbocycles. The van der Waals surface area contributed by atoms with E-state index in [1.165, 1.54) is 0 Å². The van der Waals surface area contributed by atoms with Crippen molar-refractivity contribution in [1.29, 1.82) is 0 Å². The van der Waals surface area contributed by atoms with Crippen LogP contribution in [0.25, 0.3) is 0 Å². The molecule has 2 nitrogen and oxygen atoms in total. The van der Waals surface area contributed by atoms with E-state index in [0.29, 0.717) is 0 Å². The van der Waals surface area contributed by atoms with E-state index in [-0.39, 0.29) is 18.5 Å². The number of hydrogen-bond donors (Lipinski definition) is 0. The molecule has 1 aliphatic rings. The van der Waals surface area contributed by atoms with Crippen LogP contribution in [0.3, 0.4) is 0 Å². The molecule has 0 atom stereocenters. The molecule has 0 fully saturated rings. The molecule has 0 unspecified atom stereocenters. The lowest BCUT2D eigenvalue weighted by atomic mass is 10.1. The van der Waals surface area contributed by atoms with Crippen LogP contribution in [-0.4, -0.2) is 12.6 Å². The molecule has 2 heteroatoms. The van der Waals surface area contributed by atoms with Crippen LogP contribution in [0.2, 0.25) is 0 Å². The van der Waals surface area contributed by atoms with Gasteiger partial charge in [-0.15, -0.1) is 5.92 Å². The van der Waals surface area contributed by atoms with Gasteiger partial charge in [0.1, 0.15) is 0 Å². The molecule has 0 saturated carbocycles. The first kappa shape index (κ1) is 8.86. The molecule has 0 saturated heterocycles. The van der Waals surface area contributed by atoms with Crippen molar-refractivity contribution in [1.82, 2.24) is 0 Å². The van der Waals surface area contributed by atoms with E-state index >= 15 is 0 Å². The summed E-state index contributed by atoms with van der Waals surface area (Å²) in [6, 6.07) is 0. The van der Waals surface area contributed by atoms with Gasteiger partial charge in [-0.3, -0.25) is 4.79 Å². The topological polar surface area (TPSA) is 26.3 Å². The van der Waals surface area contributed by atoms with Crippen LogP contribution < -0.4 is 0 Å². The predicted octanol–water partition coefficient (Wildman–Crippen LogP) is 1.52. The molecule has 0 radical (unpaired) electrons. The average Bonchev–Trinajstić information content (AvgIpc) is 2.56. The van der Waals surface area contributed by atoms with Gasteiger partial charge < -0.3 is 4.74 Å². The fraction of sp³-hybridized carbons (Fsp3) is 0.500. The molecule has 0 aromatic heterocycles. The second kappa shape index (κ2) is 4.61. The first-order chi connectivity index (χ1) is 5.84. The molecule has 0 heterocycles. The third-order valence-electron chi connectivity index (χ3n) is 1.80. The van der Waals surface area contributed by atoms with Gasteiger partial charge in [-0.1, -0.05) is 18.1 Å². The zero-order valence-corrected chi connectivity index (χ0v) is 7.17. The molecule has 64 valence electrons. The molecule has 0 aliphatic heterocycles. The van der Waals surface area contributed by atoms with Crippen molar-refractivity contribution in [2.45, 2.75) is 19.8 Å². The van der Waals surface area contributed by atoms with Crippen LogP contribution in [0.15, 0.2) is 12.2 Å². The highest BCUT2D eigenvalue weighted by molar-refractivity contribution is 5.73. The summed E-state index contributed by atoms with van der Waals surface area (Å²) in [5.74, 6) is 5.28. The molecule has 12 heavy (non-hydrogen) atoms. The highest BCUT2D eigenvalue weighted by Gasteiger charge is 2.19. The summed E-state index contributed by atoms with van der Waals surface area (Å²) in [7, 11) is 0. The van der Waals surface area contributed by atoms with Crippen LogP contribution in [0.1, 0.15) is 19.8 Å². The summed E-state index contributed by atoms with van der Waals surface area (Å²) in [6.07, 6.45) is 5.66. The normalized spacial score (nSPS) is 15.4. The maximum Gasteiger partial charge on any atom is 0.310 e. The van der Waals surface area contributed by atoms with Crippen molar-refractivity contribution in [2.75, 3.05) is 6.61 Å². The molecule has 0 spiro atoms. The lowest BCUT2D eigenvalue weighted by Gasteiger charge is -2.06. The number of carbonyl (C=O) groups is 1.